The average Bonchev–Trinajstić information content (AvgIpc) is 3.30. The second-order valence-corrected chi connectivity index (χ2v) is 5.58. The lowest BCUT2D eigenvalue weighted by Crippen LogP contribution is -2.27. The molecule has 3 aromatic rings. The Kier molecular flexibility index (Phi) is 4.85. The number of anilines is 1. The van der Waals surface area contributed by atoms with Gasteiger partial charge in [-0.15, -0.1) is 0 Å². The van der Waals surface area contributed by atoms with Crippen LogP contribution in [-0.2, 0) is 13.6 Å². The summed E-state index contributed by atoms with van der Waals surface area (Å²) in [6, 6.07) is 4.64. The van der Waals surface area contributed by atoms with Crippen LogP contribution >= 0.6 is 11.6 Å². The van der Waals surface area contributed by atoms with Gasteiger partial charge in [-0.25, -0.2) is 0 Å². The predicted octanol–water partition coefficient (Wildman–Crippen LogP) is 1.55. The maximum Gasteiger partial charge on any atom is 0.292 e. The molecule has 9 nitrogen and oxygen atoms in total. The Bertz CT molecular complexity index is 883. The fourth-order valence-electron chi connectivity index (χ4n) is 2.12. The smallest absolute Gasteiger partial charge is 0.292 e. The van der Waals surface area contributed by atoms with Crippen molar-refractivity contribution in [2.45, 2.75) is 6.54 Å². The van der Waals surface area contributed by atoms with Crippen molar-refractivity contribution in [3.63, 3.8) is 0 Å². The van der Waals surface area contributed by atoms with E-state index in [2.05, 4.69) is 20.8 Å². The number of nitrogens with zero attached hydrogens (tertiary/aromatic N) is 4. The highest BCUT2D eigenvalue weighted by atomic mass is 35.5. The largest absolute Gasteiger partial charge is 0.459 e. The zero-order valence-corrected chi connectivity index (χ0v) is 14.0. The van der Waals surface area contributed by atoms with Crippen LogP contribution in [0.5, 0.6) is 0 Å². The summed E-state index contributed by atoms with van der Waals surface area (Å²) < 4.78 is 8.05. The first-order valence-electron chi connectivity index (χ1n) is 7.38. The molecule has 0 unspecified atom stereocenters. The van der Waals surface area contributed by atoms with Crippen molar-refractivity contribution in [2.24, 2.45) is 7.05 Å². The third-order valence-electron chi connectivity index (χ3n) is 3.33. The van der Waals surface area contributed by atoms with Crippen LogP contribution in [0.4, 0.5) is 5.82 Å². The van der Waals surface area contributed by atoms with Crippen LogP contribution in [0.2, 0.25) is 5.02 Å². The van der Waals surface area contributed by atoms with Crippen molar-refractivity contribution in [2.75, 3.05) is 11.9 Å². The quantitative estimate of drug-likeness (QED) is 0.691. The van der Waals surface area contributed by atoms with Crippen LogP contribution in [0.1, 0.15) is 21.0 Å². The lowest BCUT2D eigenvalue weighted by atomic mass is 10.3. The minimum Gasteiger partial charge on any atom is -0.459 e. The van der Waals surface area contributed by atoms with Crippen LogP contribution < -0.4 is 10.6 Å². The van der Waals surface area contributed by atoms with Crippen LogP contribution in [0.25, 0.3) is 0 Å². The van der Waals surface area contributed by atoms with E-state index < -0.39 is 5.91 Å². The molecule has 3 rings (SSSR count). The molecule has 2 amide bonds. The monoisotopic (exact) mass is 362 g/mol. The fraction of sp³-hybridized carbons (Fsp3) is 0.200. The second-order valence-electron chi connectivity index (χ2n) is 5.15. The molecule has 2 N–H and O–H groups in total. The molecule has 130 valence electrons. The maximum atomic E-state index is 12.1. The zero-order valence-electron chi connectivity index (χ0n) is 13.3. The summed E-state index contributed by atoms with van der Waals surface area (Å²) in [7, 11) is 1.63. The Labute approximate surface area is 147 Å². The van der Waals surface area contributed by atoms with Crippen molar-refractivity contribution in [1.82, 2.24) is 24.9 Å². The third kappa shape index (κ3) is 4.07. The average molecular weight is 363 g/mol. The summed E-state index contributed by atoms with van der Waals surface area (Å²) in [5.74, 6) is -0.224. The van der Waals surface area contributed by atoms with Gasteiger partial charge in [-0.05, 0) is 12.1 Å². The van der Waals surface area contributed by atoms with Gasteiger partial charge in [0.25, 0.3) is 11.8 Å². The fourth-order valence-corrected chi connectivity index (χ4v) is 2.27. The summed E-state index contributed by atoms with van der Waals surface area (Å²) in [4.78, 5) is 24.1. The summed E-state index contributed by atoms with van der Waals surface area (Å²) in [5.41, 5.74) is 0.191. The van der Waals surface area contributed by atoms with Crippen molar-refractivity contribution < 1.29 is 14.0 Å². The first-order valence-corrected chi connectivity index (χ1v) is 7.76. The van der Waals surface area contributed by atoms with Gasteiger partial charge in [0.15, 0.2) is 11.5 Å². The van der Waals surface area contributed by atoms with Gasteiger partial charge in [0.05, 0.1) is 24.0 Å². The van der Waals surface area contributed by atoms with Gasteiger partial charge in [0, 0.05) is 25.9 Å². The zero-order chi connectivity index (χ0) is 17.8. The molecule has 0 saturated heterocycles. The molecule has 0 aliphatic heterocycles. The van der Waals surface area contributed by atoms with E-state index in [0.29, 0.717) is 23.9 Å². The highest BCUT2D eigenvalue weighted by Gasteiger charge is 2.16. The number of hydrogen-bond donors (Lipinski definition) is 2. The Morgan fingerprint density at radius 3 is 2.88 bits per heavy atom. The molecule has 0 aliphatic rings. The van der Waals surface area contributed by atoms with Crippen LogP contribution in [0, 0.1) is 0 Å². The molecule has 10 heteroatoms. The summed E-state index contributed by atoms with van der Waals surface area (Å²) in [6.07, 6.45) is 4.59. The van der Waals surface area contributed by atoms with Crippen molar-refractivity contribution in [1.29, 1.82) is 0 Å². The lowest BCUT2D eigenvalue weighted by Gasteiger charge is -2.03. The first kappa shape index (κ1) is 16.8. The minimum atomic E-state index is -0.421. The van der Waals surface area contributed by atoms with E-state index in [1.54, 1.807) is 30.1 Å². The highest BCUT2D eigenvalue weighted by molar-refractivity contribution is 6.30. The van der Waals surface area contributed by atoms with Crippen molar-refractivity contribution >= 4 is 29.2 Å². The van der Waals surface area contributed by atoms with Gasteiger partial charge in [0.1, 0.15) is 5.82 Å². The molecule has 0 bridgehead atoms. The molecule has 25 heavy (non-hydrogen) atoms. The normalized spacial score (nSPS) is 10.6. The number of amides is 2. The van der Waals surface area contributed by atoms with Gasteiger partial charge < -0.3 is 15.1 Å². The Morgan fingerprint density at radius 2 is 2.20 bits per heavy atom. The topological polar surface area (TPSA) is 107 Å². The van der Waals surface area contributed by atoms with Crippen molar-refractivity contribution in [3.05, 3.63) is 53.3 Å². The number of aryl methyl sites for hydroxylation is 1. The Balaban J connectivity index is 1.57. The van der Waals surface area contributed by atoms with E-state index in [4.69, 9.17) is 16.0 Å². The van der Waals surface area contributed by atoms with Gasteiger partial charge in [-0.2, -0.15) is 10.2 Å². The molecule has 0 spiro atoms. The highest BCUT2D eigenvalue weighted by Crippen LogP contribution is 2.11. The van der Waals surface area contributed by atoms with Crippen LogP contribution in [0.15, 0.2) is 41.3 Å². The summed E-state index contributed by atoms with van der Waals surface area (Å²) >= 11 is 5.77. The number of halogens is 1. The molecule has 0 aromatic carbocycles. The van der Waals surface area contributed by atoms with E-state index in [9.17, 15) is 9.59 Å². The molecule has 0 atom stereocenters. The summed E-state index contributed by atoms with van der Waals surface area (Å²) in [5, 5.41) is 14.0. The maximum absolute atomic E-state index is 12.1. The van der Waals surface area contributed by atoms with Gasteiger partial charge >= 0.3 is 0 Å². The molecule has 0 aliphatic carbocycles. The Morgan fingerprint density at radius 1 is 1.36 bits per heavy atom. The van der Waals surface area contributed by atoms with Crippen molar-refractivity contribution in [3.8, 4) is 0 Å². The SMILES string of the molecule is Cn1nc(C(=O)NCCn2cc(Cl)cn2)cc1NC(=O)c1ccco1. The van der Waals surface area contributed by atoms with E-state index >= 15 is 0 Å². The number of aromatic nitrogens is 4. The predicted molar refractivity (Wildman–Crippen MR) is 89.4 cm³/mol. The second kappa shape index (κ2) is 7.22. The number of nitrogens with one attached hydrogen (secondary N) is 2. The number of furan rings is 1. The van der Waals surface area contributed by atoms with E-state index in [1.807, 2.05) is 0 Å². The van der Waals surface area contributed by atoms with Gasteiger partial charge in [0.2, 0.25) is 0 Å². The number of hydrogen-bond acceptors (Lipinski definition) is 5. The molecular weight excluding hydrogens is 348 g/mol. The molecule has 0 radical (unpaired) electrons. The number of carbonyl (C=O) groups excluding carboxylic acids is 2. The van der Waals surface area contributed by atoms with E-state index in [-0.39, 0.29) is 17.4 Å². The molecular formula is C15H15ClN6O3. The van der Waals surface area contributed by atoms with Crippen LogP contribution in [-0.4, -0.2) is 37.9 Å². The molecule has 0 saturated carbocycles. The standard InChI is InChI=1S/C15H15ClN6O3/c1-21-13(19-15(24)12-3-2-6-25-12)7-11(20-21)14(23)17-4-5-22-9-10(16)8-18-22/h2-3,6-9H,4-5H2,1H3,(H,17,23)(H,19,24). The van der Waals surface area contributed by atoms with Gasteiger partial charge in [-0.3, -0.25) is 19.0 Å². The Hall–Kier alpha value is -3.07. The molecule has 3 aromatic heterocycles. The third-order valence-corrected chi connectivity index (χ3v) is 3.52. The summed E-state index contributed by atoms with van der Waals surface area (Å²) in [6.45, 7) is 0.842. The van der Waals surface area contributed by atoms with Crippen LogP contribution in [0.3, 0.4) is 0 Å². The number of rotatable bonds is 6. The first-order chi connectivity index (χ1) is 12.0. The van der Waals surface area contributed by atoms with E-state index in [1.165, 1.54) is 23.2 Å². The number of carbonyl (C=O) groups is 2. The molecule has 0 fully saturated rings. The van der Waals surface area contributed by atoms with Gasteiger partial charge in [-0.1, -0.05) is 11.6 Å². The molecule has 3 heterocycles. The minimum absolute atomic E-state index is 0.171. The lowest BCUT2D eigenvalue weighted by molar-refractivity contribution is 0.0945. The van der Waals surface area contributed by atoms with E-state index in [0.717, 1.165) is 0 Å².